The molecular formula is C19H26O3. The molecule has 0 spiro atoms. The van der Waals surface area contributed by atoms with Crippen molar-refractivity contribution in [2.24, 2.45) is 28.6 Å². The minimum atomic E-state index is -0.314. The van der Waals surface area contributed by atoms with Gasteiger partial charge < -0.3 is 10.2 Å². The van der Waals surface area contributed by atoms with Crippen LogP contribution in [-0.2, 0) is 4.79 Å². The summed E-state index contributed by atoms with van der Waals surface area (Å²) in [7, 11) is 0. The van der Waals surface area contributed by atoms with Gasteiger partial charge in [-0.15, -0.1) is 0 Å². The van der Waals surface area contributed by atoms with Crippen molar-refractivity contribution in [3.63, 3.8) is 0 Å². The third kappa shape index (κ3) is 1.73. The van der Waals surface area contributed by atoms with Crippen LogP contribution in [0.25, 0.3) is 0 Å². The van der Waals surface area contributed by atoms with E-state index in [4.69, 9.17) is 0 Å². The van der Waals surface area contributed by atoms with Gasteiger partial charge in [-0.3, -0.25) is 4.79 Å². The van der Waals surface area contributed by atoms with Crippen LogP contribution < -0.4 is 0 Å². The first-order valence-electron chi connectivity index (χ1n) is 8.74. The predicted molar refractivity (Wildman–Crippen MR) is 84.0 cm³/mol. The van der Waals surface area contributed by atoms with Crippen molar-refractivity contribution in [3.8, 4) is 0 Å². The molecule has 3 heteroatoms. The topological polar surface area (TPSA) is 57.5 Å². The smallest absolute Gasteiger partial charge is 0.178 e. The molecule has 0 aromatic carbocycles. The molecular weight excluding hydrogens is 276 g/mol. The molecule has 3 fully saturated rings. The number of hydrogen-bond donors (Lipinski definition) is 2. The fourth-order valence-electron chi connectivity index (χ4n) is 6.25. The van der Waals surface area contributed by atoms with Crippen molar-refractivity contribution >= 4 is 5.78 Å². The van der Waals surface area contributed by atoms with Gasteiger partial charge in [-0.05, 0) is 73.8 Å². The molecule has 0 aliphatic heterocycles. The molecule has 0 aromatic heterocycles. The van der Waals surface area contributed by atoms with E-state index in [1.807, 2.05) is 6.08 Å². The van der Waals surface area contributed by atoms with Crippen LogP contribution in [0, 0.1) is 28.6 Å². The third-order valence-corrected chi connectivity index (χ3v) is 7.52. The molecule has 0 heterocycles. The molecule has 4 aliphatic rings. The number of ketones is 1. The van der Waals surface area contributed by atoms with Crippen molar-refractivity contribution < 1.29 is 15.0 Å². The molecule has 4 rings (SSSR count). The van der Waals surface area contributed by atoms with Gasteiger partial charge >= 0.3 is 0 Å². The lowest BCUT2D eigenvalue weighted by atomic mass is 9.48. The van der Waals surface area contributed by atoms with Gasteiger partial charge in [0, 0.05) is 5.41 Å². The zero-order chi connectivity index (χ0) is 15.5. The Morgan fingerprint density at radius 2 is 2.05 bits per heavy atom. The molecule has 2 N–H and O–H groups in total. The van der Waals surface area contributed by atoms with Crippen LogP contribution >= 0.6 is 0 Å². The highest BCUT2D eigenvalue weighted by atomic mass is 16.3. The molecule has 4 aliphatic carbocycles. The van der Waals surface area contributed by atoms with Gasteiger partial charge in [-0.2, -0.15) is 0 Å². The highest BCUT2D eigenvalue weighted by Gasteiger charge is 2.59. The summed E-state index contributed by atoms with van der Waals surface area (Å²) in [5.74, 6) is 1.62. The average Bonchev–Trinajstić information content (AvgIpc) is 2.82. The van der Waals surface area contributed by atoms with Gasteiger partial charge in [0.25, 0.3) is 0 Å². The minimum Gasteiger partial charge on any atom is -0.395 e. The second-order valence-corrected chi connectivity index (χ2v) is 8.16. The summed E-state index contributed by atoms with van der Waals surface area (Å²) in [6, 6.07) is 0. The van der Waals surface area contributed by atoms with Crippen molar-refractivity contribution in [2.75, 3.05) is 6.61 Å². The third-order valence-electron chi connectivity index (χ3n) is 7.52. The molecule has 22 heavy (non-hydrogen) atoms. The zero-order valence-electron chi connectivity index (χ0n) is 13.3. The first-order valence-corrected chi connectivity index (χ1v) is 8.74. The van der Waals surface area contributed by atoms with Gasteiger partial charge in [0.05, 0.1) is 12.7 Å². The highest BCUT2D eigenvalue weighted by molar-refractivity contribution is 6.01. The van der Waals surface area contributed by atoms with Crippen LogP contribution in [0.3, 0.4) is 0 Å². The maximum absolute atomic E-state index is 11.7. The Hall–Kier alpha value is -0.930. The van der Waals surface area contributed by atoms with E-state index >= 15 is 0 Å². The zero-order valence-corrected chi connectivity index (χ0v) is 13.3. The molecule has 0 radical (unpaired) electrons. The number of hydrogen-bond acceptors (Lipinski definition) is 3. The molecule has 0 unspecified atom stereocenters. The summed E-state index contributed by atoms with van der Waals surface area (Å²) in [6.45, 7) is 2.37. The van der Waals surface area contributed by atoms with Crippen LogP contribution in [0.2, 0.25) is 0 Å². The van der Waals surface area contributed by atoms with E-state index in [1.165, 1.54) is 0 Å². The summed E-state index contributed by atoms with van der Waals surface area (Å²) < 4.78 is 0. The summed E-state index contributed by atoms with van der Waals surface area (Å²) in [5.41, 5.74) is 0.893. The van der Waals surface area contributed by atoms with E-state index in [-0.39, 0.29) is 29.3 Å². The number of aliphatic hydroxyl groups is 2. The number of carbonyl (C=O) groups excluding carboxylic acids is 1. The van der Waals surface area contributed by atoms with Crippen LogP contribution in [0.4, 0.5) is 0 Å². The van der Waals surface area contributed by atoms with E-state index < -0.39 is 0 Å². The largest absolute Gasteiger partial charge is 0.395 e. The monoisotopic (exact) mass is 302 g/mol. The Labute approximate surface area is 132 Å². The van der Waals surface area contributed by atoms with Crippen LogP contribution in [0.15, 0.2) is 23.8 Å². The second kappa shape index (κ2) is 4.78. The molecule has 0 aromatic rings. The van der Waals surface area contributed by atoms with Gasteiger partial charge in [-0.25, -0.2) is 0 Å². The van der Waals surface area contributed by atoms with Gasteiger partial charge in [-0.1, -0.05) is 18.6 Å². The Balaban J connectivity index is 1.73. The second-order valence-electron chi connectivity index (χ2n) is 8.16. The highest BCUT2D eigenvalue weighted by Crippen LogP contribution is 2.64. The maximum atomic E-state index is 11.7. The Kier molecular flexibility index (Phi) is 3.18. The Morgan fingerprint density at radius 1 is 1.23 bits per heavy atom. The van der Waals surface area contributed by atoms with Gasteiger partial charge in [0.15, 0.2) is 5.78 Å². The summed E-state index contributed by atoms with van der Waals surface area (Å²) in [6.07, 6.45) is 11.4. The number of carbonyl (C=O) groups is 1. The van der Waals surface area contributed by atoms with Gasteiger partial charge in [0.2, 0.25) is 0 Å². The standard InChI is InChI=1S/C19H26O3/c1-18-8-7-16-14(15(18)4-5-17(18)22)3-2-12-10-13(21)6-9-19(12,16)11-20/h6,9-10,14-17,20,22H,2-5,7-8,11H2,1H3/t14-,15-,16-,17-,18-,19+/m0/s1. The molecule has 3 nitrogen and oxygen atoms in total. The fourth-order valence-corrected chi connectivity index (χ4v) is 6.25. The number of aliphatic hydroxyl groups excluding tert-OH is 2. The number of allylic oxidation sites excluding steroid dienone is 2. The molecule has 0 bridgehead atoms. The molecule has 6 atom stereocenters. The quantitative estimate of drug-likeness (QED) is 0.783. The van der Waals surface area contributed by atoms with E-state index in [1.54, 1.807) is 12.2 Å². The minimum absolute atomic E-state index is 0.0627. The van der Waals surface area contributed by atoms with Crippen molar-refractivity contribution in [1.82, 2.24) is 0 Å². The molecule has 0 saturated heterocycles. The summed E-state index contributed by atoms with van der Waals surface area (Å²) >= 11 is 0. The first kappa shape index (κ1) is 14.6. The van der Waals surface area contributed by atoms with E-state index in [0.717, 1.165) is 44.1 Å². The van der Waals surface area contributed by atoms with Gasteiger partial charge in [0.1, 0.15) is 0 Å². The lowest BCUT2D eigenvalue weighted by Gasteiger charge is -2.57. The molecule has 120 valence electrons. The van der Waals surface area contributed by atoms with Crippen LogP contribution in [0.1, 0.15) is 45.4 Å². The summed E-state index contributed by atoms with van der Waals surface area (Å²) in [4.78, 5) is 11.7. The average molecular weight is 302 g/mol. The lowest BCUT2D eigenvalue weighted by molar-refractivity contribution is -0.111. The van der Waals surface area contributed by atoms with Crippen LogP contribution in [0.5, 0.6) is 0 Å². The van der Waals surface area contributed by atoms with Crippen molar-refractivity contribution in [2.45, 2.75) is 51.6 Å². The molecule has 0 amide bonds. The first-order chi connectivity index (χ1) is 10.5. The van der Waals surface area contributed by atoms with Crippen molar-refractivity contribution in [3.05, 3.63) is 23.8 Å². The Morgan fingerprint density at radius 3 is 2.82 bits per heavy atom. The maximum Gasteiger partial charge on any atom is 0.178 e. The normalized spacial score (nSPS) is 50.1. The SMILES string of the molecule is C[C@]12CC[C@H]3[C@@H](CCC4=CC(=O)C=C[C@@]43CO)[C@@H]1CC[C@@H]2O. The number of rotatable bonds is 1. The fraction of sp³-hybridized carbons (Fsp3) is 0.737. The summed E-state index contributed by atoms with van der Waals surface area (Å²) in [5, 5.41) is 20.6. The van der Waals surface area contributed by atoms with E-state index in [0.29, 0.717) is 17.8 Å². The van der Waals surface area contributed by atoms with E-state index in [9.17, 15) is 15.0 Å². The van der Waals surface area contributed by atoms with Crippen molar-refractivity contribution in [1.29, 1.82) is 0 Å². The predicted octanol–water partition coefficient (Wildman–Crippen LogP) is 2.63. The Bertz CT molecular complexity index is 563. The van der Waals surface area contributed by atoms with Crippen LogP contribution in [-0.4, -0.2) is 28.7 Å². The lowest BCUT2D eigenvalue weighted by Crippen LogP contribution is -2.52. The number of fused-ring (bicyclic) bond motifs is 5. The molecule has 3 saturated carbocycles. The van der Waals surface area contributed by atoms with E-state index in [2.05, 4.69) is 6.92 Å².